The van der Waals surface area contributed by atoms with E-state index in [9.17, 15) is 0 Å². The van der Waals surface area contributed by atoms with Crippen molar-refractivity contribution in [3.05, 3.63) is 34.3 Å². The second-order valence-corrected chi connectivity index (χ2v) is 3.72. The molecule has 0 aromatic heterocycles. The summed E-state index contributed by atoms with van der Waals surface area (Å²) in [6, 6.07) is 6.24. The zero-order chi connectivity index (χ0) is 9.84. The van der Waals surface area contributed by atoms with Crippen molar-refractivity contribution in [1.82, 2.24) is 0 Å². The van der Waals surface area contributed by atoms with Gasteiger partial charge in [0.2, 0.25) is 0 Å². The standard InChI is InChI=1S/C10H11Cl.C2H6/c1-7-2-3-8-4-5-9(11)6-10(7)8;1-2/h4-7H,2-3H2,1H3;1-2H3. The van der Waals surface area contributed by atoms with Gasteiger partial charge in [0.05, 0.1) is 0 Å². The second kappa shape index (κ2) is 4.66. The van der Waals surface area contributed by atoms with Crippen molar-refractivity contribution in [3.63, 3.8) is 0 Å². The fraction of sp³-hybridized carbons (Fsp3) is 0.500. The van der Waals surface area contributed by atoms with Crippen molar-refractivity contribution < 1.29 is 0 Å². The maximum Gasteiger partial charge on any atom is 0.0409 e. The average Bonchev–Trinajstić information content (AvgIpc) is 2.52. The fourth-order valence-corrected chi connectivity index (χ4v) is 1.96. The monoisotopic (exact) mass is 196 g/mol. The van der Waals surface area contributed by atoms with E-state index < -0.39 is 0 Å². The maximum absolute atomic E-state index is 5.89. The summed E-state index contributed by atoms with van der Waals surface area (Å²) in [6.07, 6.45) is 2.52. The van der Waals surface area contributed by atoms with E-state index in [0.717, 1.165) is 5.02 Å². The zero-order valence-corrected chi connectivity index (χ0v) is 9.36. The summed E-state index contributed by atoms with van der Waals surface area (Å²) >= 11 is 5.89. The van der Waals surface area contributed by atoms with Crippen molar-refractivity contribution in [1.29, 1.82) is 0 Å². The Balaban J connectivity index is 0.000000396. The summed E-state index contributed by atoms with van der Waals surface area (Å²) in [5.41, 5.74) is 2.94. The summed E-state index contributed by atoms with van der Waals surface area (Å²) in [5.74, 6) is 0.712. The van der Waals surface area contributed by atoms with Gasteiger partial charge in [-0.05, 0) is 42.0 Å². The van der Waals surface area contributed by atoms with Crippen LogP contribution in [0.1, 0.15) is 44.2 Å². The summed E-state index contributed by atoms with van der Waals surface area (Å²) in [6.45, 7) is 6.27. The molecule has 13 heavy (non-hydrogen) atoms. The lowest BCUT2D eigenvalue weighted by Crippen LogP contribution is -1.84. The van der Waals surface area contributed by atoms with E-state index in [1.165, 1.54) is 24.0 Å². The van der Waals surface area contributed by atoms with Gasteiger partial charge in [0, 0.05) is 5.02 Å². The fourth-order valence-electron chi connectivity index (χ4n) is 1.78. The molecule has 1 heteroatoms. The van der Waals surface area contributed by atoms with Gasteiger partial charge >= 0.3 is 0 Å². The molecule has 1 aliphatic rings. The molecule has 0 spiro atoms. The van der Waals surface area contributed by atoms with Gasteiger partial charge in [-0.1, -0.05) is 38.4 Å². The first-order valence-corrected chi connectivity index (χ1v) is 5.43. The maximum atomic E-state index is 5.89. The SMILES string of the molecule is CC.CC1CCc2ccc(Cl)cc21. The Bertz CT molecular complexity index is 278. The highest BCUT2D eigenvalue weighted by atomic mass is 35.5. The Morgan fingerprint density at radius 1 is 1.31 bits per heavy atom. The van der Waals surface area contributed by atoms with Crippen LogP contribution >= 0.6 is 11.6 Å². The van der Waals surface area contributed by atoms with E-state index in [1.807, 2.05) is 19.9 Å². The Hall–Kier alpha value is -0.490. The third-order valence-corrected chi connectivity index (χ3v) is 2.72. The van der Waals surface area contributed by atoms with Gasteiger partial charge in [0.15, 0.2) is 0 Å². The van der Waals surface area contributed by atoms with Crippen molar-refractivity contribution in [2.24, 2.45) is 0 Å². The molecule has 0 amide bonds. The number of hydrogen-bond acceptors (Lipinski definition) is 0. The minimum Gasteiger partial charge on any atom is -0.0843 e. The van der Waals surface area contributed by atoms with Crippen LogP contribution in [0.15, 0.2) is 18.2 Å². The molecule has 1 atom stereocenters. The molecule has 0 radical (unpaired) electrons. The smallest absolute Gasteiger partial charge is 0.0409 e. The Morgan fingerprint density at radius 3 is 2.69 bits per heavy atom. The van der Waals surface area contributed by atoms with Gasteiger partial charge < -0.3 is 0 Å². The first kappa shape index (κ1) is 10.6. The van der Waals surface area contributed by atoms with Crippen LogP contribution in [0.25, 0.3) is 0 Å². The molecule has 0 N–H and O–H groups in total. The van der Waals surface area contributed by atoms with Crippen LogP contribution in [0.3, 0.4) is 0 Å². The highest BCUT2D eigenvalue weighted by Gasteiger charge is 2.17. The zero-order valence-electron chi connectivity index (χ0n) is 8.60. The summed E-state index contributed by atoms with van der Waals surface area (Å²) in [4.78, 5) is 0. The molecule has 0 aliphatic heterocycles. The van der Waals surface area contributed by atoms with Crippen LogP contribution in [-0.2, 0) is 6.42 Å². The molecule has 0 fully saturated rings. The average molecular weight is 197 g/mol. The van der Waals surface area contributed by atoms with E-state index in [1.54, 1.807) is 0 Å². The first-order chi connectivity index (χ1) is 6.27. The molecule has 0 nitrogen and oxygen atoms in total. The molecule has 1 aromatic rings. The van der Waals surface area contributed by atoms with Crippen LogP contribution < -0.4 is 0 Å². The molecule has 0 bridgehead atoms. The largest absolute Gasteiger partial charge is 0.0843 e. The molecular formula is C12H17Cl. The highest BCUT2D eigenvalue weighted by molar-refractivity contribution is 6.30. The Morgan fingerprint density at radius 2 is 2.00 bits per heavy atom. The van der Waals surface area contributed by atoms with Gasteiger partial charge in [-0.2, -0.15) is 0 Å². The van der Waals surface area contributed by atoms with Gasteiger partial charge in [0.1, 0.15) is 0 Å². The molecule has 0 saturated heterocycles. The van der Waals surface area contributed by atoms with Crippen LogP contribution in [0.2, 0.25) is 5.02 Å². The second-order valence-electron chi connectivity index (χ2n) is 3.28. The summed E-state index contributed by atoms with van der Waals surface area (Å²) in [7, 11) is 0. The predicted molar refractivity (Wildman–Crippen MR) is 59.5 cm³/mol. The summed E-state index contributed by atoms with van der Waals surface area (Å²) < 4.78 is 0. The van der Waals surface area contributed by atoms with Crippen LogP contribution in [0.4, 0.5) is 0 Å². The lowest BCUT2D eigenvalue weighted by Gasteiger charge is -2.03. The lowest BCUT2D eigenvalue weighted by molar-refractivity contribution is 0.747. The minimum absolute atomic E-state index is 0.712. The van der Waals surface area contributed by atoms with Gasteiger partial charge in [-0.25, -0.2) is 0 Å². The molecule has 72 valence electrons. The molecule has 1 aromatic carbocycles. The van der Waals surface area contributed by atoms with Crippen molar-refractivity contribution in [3.8, 4) is 0 Å². The Kier molecular flexibility index (Phi) is 3.80. The number of rotatable bonds is 0. The summed E-state index contributed by atoms with van der Waals surface area (Å²) in [5, 5.41) is 0.873. The minimum atomic E-state index is 0.712. The van der Waals surface area contributed by atoms with E-state index in [-0.39, 0.29) is 0 Å². The van der Waals surface area contributed by atoms with Crippen molar-refractivity contribution in [2.75, 3.05) is 0 Å². The predicted octanol–water partition coefficient (Wildman–Crippen LogP) is 4.42. The number of benzene rings is 1. The van der Waals surface area contributed by atoms with Crippen molar-refractivity contribution in [2.45, 2.75) is 39.5 Å². The third-order valence-electron chi connectivity index (χ3n) is 2.49. The van der Waals surface area contributed by atoms with Crippen LogP contribution in [-0.4, -0.2) is 0 Å². The molecule has 1 unspecified atom stereocenters. The molecule has 2 rings (SSSR count). The van der Waals surface area contributed by atoms with E-state index in [0.29, 0.717) is 5.92 Å². The molecule has 0 saturated carbocycles. The number of aryl methyl sites for hydroxylation is 1. The quantitative estimate of drug-likeness (QED) is 0.577. The normalized spacial score (nSPS) is 18.9. The Labute approximate surface area is 85.9 Å². The van der Waals surface area contributed by atoms with Crippen molar-refractivity contribution >= 4 is 11.6 Å². The van der Waals surface area contributed by atoms with Gasteiger partial charge in [-0.3, -0.25) is 0 Å². The molecule has 0 heterocycles. The van der Waals surface area contributed by atoms with Gasteiger partial charge in [0.25, 0.3) is 0 Å². The number of fused-ring (bicyclic) bond motifs is 1. The number of hydrogen-bond donors (Lipinski definition) is 0. The topological polar surface area (TPSA) is 0 Å². The van der Waals surface area contributed by atoms with Gasteiger partial charge in [-0.15, -0.1) is 0 Å². The van der Waals surface area contributed by atoms with E-state index in [4.69, 9.17) is 11.6 Å². The number of halogens is 1. The van der Waals surface area contributed by atoms with E-state index >= 15 is 0 Å². The lowest BCUT2D eigenvalue weighted by atomic mass is 10.0. The van der Waals surface area contributed by atoms with E-state index in [2.05, 4.69) is 19.1 Å². The molecular weight excluding hydrogens is 180 g/mol. The van der Waals surface area contributed by atoms with Crippen LogP contribution in [0.5, 0.6) is 0 Å². The first-order valence-electron chi connectivity index (χ1n) is 5.05. The molecule has 1 aliphatic carbocycles. The van der Waals surface area contributed by atoms with Crippen LogP contribution in [0, 0.1) is 0 Å². The third kappa shape index (κ3) is 2.25. The highest BCUT2D eigenvalue weighted by Crippen LogP contribution is 2.33.